The van der Waals surface area contributed by atoms with Crippen molar-refractivity contribution >= 4 is 11.6 Å². The maximum absolute atomic E-state index is 12.6. The maximum atomic E-state index is 12.6. The van der Waals surface area contributed by atoms with Crippen LogP contribution in [0.3, 0.4) is 0 Å². The summed E-state index contributed by atoms with van der Waals surface area (Å²) in [7, 11) is 1.60. The SMILES string of the molecule is COC(C)N(C(=O)c1ccccc1)c1ccccc1. The summed E-state index contributed by atoms with van der Waals surface area (Å²) in [5.74, 6) is -0.0684. The fraction of sp³-hybridized carbons (Fsp3) is 0.188. The molecule has 0 heterocycles. The zero-order valence-corrected chi connectivity index (χ0v) is 11.1. The van der Waals surface area contributed by atoms with Crippen LogP contribution in [0, 0.1) is 0 Å². The van der Waals surface area contributed by atoms with Crippen LogP contribution in [0.4, 0.5) is 5.69 Å². The molecule has 0 N–H and O–H groups in total. The molecule has 0 bridgehead atoms. The van der Waals surface area contributed by atoms with Crippen molar-refractivity contribution in [1.29, 1.82) is 0 Å². The van der Waals surface area contributed by atoms with Crippen molar-refractivity contribution in [3.05, 3.63) is 66.2 Å². The van der Waals surface area contributed by atoms with Gasteiger partial charge in [0.2, 0.25) is 0 Å². The van der Waals surface area contributed by atoms with Crippen molar-refractivity contribution in [2.45, 2.75) is 13.2 Å². The lowest BCUT2D eigenvalue weighted by Crippen LogP contribution is -2.39. The summed E-state index contributed by atoms with van der Waals surface area (Å²) in [6.45, 7) is 1.86. The van der Waals surface area contributed by atoms with Crippen LogP contribution in [-0.4, -0.2) is 19.2 Å². The topological polar surface area (TPSA) is 29.5 Å². The van der Waals surface area contributed by atoms with Gasteiger partial charge >= 0.3 is 0 Å². The van der Waals surface area contributed by atoms with Gasteiger partial charge in [0.1, 0.15) is 6.23 Å². The van der Waals surface area contributed by atoms with Gasteiger partial charge in [-0.15, -0.1) is 0 Å². The molecule has 1 amide bonds. The molecule has 0 aliphatic carbocycles. The van der Waals surface area contributed by atoms with Crippen LogP contribution in [0.5, 0.6) is 0 Å². The minimum Gasteiger partial charge on any atom is -0.361 e. The quantitative estimate of drug-likeness (QED) is 0.784. The van der Waals surface area contributed by atoms with Crippen molar-refractivity contribution < 1.29 is 9.53 Å². The molecule has 3 heteroatoms. The van der Waals surface area contributed by atoms with Gasteiger partial charge in [0.05, 0.1) is 0 Å². The van der Waals surface area contributed by atoms with Crippen molar-refractivity contribution in [2.24, 2.45) is 0 Å². The number of rotatable bonds is 4. The van der Waals surface area contributed by atoms with E-state index in [-0.39, 0.29) is 12.1 Å². The third-order valence-corrected chi connectivity index (χ3v) is 2.98. The number of methoxy groups -OCH3 is 1. The van der Waals surface area contributed by atoms with E-state index in [9.17, 15) is 4.79 Å². The monoisotopic (exact) mass is 255 g/mol. The van der Waals surface area contributed by atoms with Gasteiger partial charge in [-0.2, -0.15) is 0 Å². The molecule has 0 saturated carbocycles. The molecule has 0 fully saturated rings. The summed E-state index contributed by atoms with van der Waals surface area (Å²) < 4.78 is 5.31. The maximum Gasteiger partial charge on any atom is 0.260 e. The smallest absolute Gasteiger partial charge is 0.260 e. The van der Waals surface area contributed by atoms with E-state index in [2.05, 4.69) is 0 Å². The molecule has 0 spiro atoms. The van der Waals surface area contributed by atoms with E-state index in [0.29, 0.717) is 5.56 Å². The second kappa shape index (κ2) is 6.16. The molecular formula is C16H17NO2. The van der Waals surface area contributed by atoms with Gasteiger partial charge in [0.25, 0.3) is 5.91 Å². The highest BCUT2D eigenvalue weighted by molar-refractivity contribution is 6.06. The largest absolute Gasteiger partial charge is 0.361 e. The van der Waals surface area contributed by atoms with Crippen LogP contribution in [0.25, 0.3) is 0 Å². The lowest BCUT2D eigenvalue weighted by Gasteiger charge is -2.28. The van der Waals surface area contributed by atoms with Gasteiger partial charge in [-0.3, -0.25) is 9.69 Å². The second-order valence-electron chi connectivity index (χ2n) is 4.21. The Morgan fingerprint density at radius 3 is 2.05 bits per heavy atom. The summed E-state index contributed by atoms with van der Waals surface area (Å²) in [5, 5.41) is 0. The molecule has 2 rings (SSSR count). The molecule has 1 unspecified atom stereocenters. The summed E-state index contributed by atoms with van der Waals surface area (Å²) in [6, 6.07) is 18.7. The van der Waals surface area contributed by atoms with Crippen molar-refractivity contribution in [1.82, 2.24) is 0 Å². The number of nitrogens with zero attached hydrogens (tertiary/aromatic N) is 1. The number of amides is 1. The minimum absolute atomic E-state index is 0.0684. The summed E-state index contributed by atoms with van der Waals surface area (Å²) in [4.78, 5) is 14.2. The van der Waals surface area contributed by atoms with Gasteiger partial charge in [0, 0.05) is 18.4 Å². The molecule has 0 aliphatic heterocycles. The van der Waals surface area contributed by atoms with Crippen molar-refractivity contribution in [3.8, 4) is 0 Å². The Labute approximate surface area is 113 Å². The van der Waals surface area contributed by atoms with Gasteiger partial charge in [-0.05, 0) is 31.2 Å². The zero-order valence-electron chi connectivity index (χ0n) is 11.1. The molecule has 2 aromatic rings. The number of ether oxygens (including phenoxy) is 1. The van der Waals surface area contributed by atoms with Crippen LogP contribution in [0.15, 0.2) is 60.7 Å². The summed E-state index contributed by atoms with van der Waals surface area (Å²) in [6.07, 6.45) is -0.324. The van der Waals surface area contributed by atoms with E-state index in [4.69, 9.17) is 4.74 Å². The Morgan fingerprint density at radius 1 is 1.00 bits per heavy atom. The highest BCUT2D eigenvalue weighted by Crippen LogP contribution is 2.20. The number of anilines is 1. The van der Waals surface area contributed by atoms with Gasteiger partial charge in [-0.25, -0.2) is 0 Å². The summed E-state index contributed by atoms with van der Waals surface area (Å²) in [5.41, 5.74) is 1.47. The Bertz CT molecular complexity index is 525. The molecular weight excluding hydrogens is 238 g/mol. The number of benzene rings is 2. The first-order valence-corrected chi connectivity index (χ1v) is 6.20. The first-order chi connectivity index (χ1) is 9.24. The van der Waals surface area contributed by atoms with Gasteiger partial charge in [-0.1, -0.05) is 36.4 Å². The van der Waals surface area contributed by atoms with Gasteiger partial charge < -0.3 is 4.74 Å². The first-order valence-electron chi connectivity index (χ1n) is 6.20. The number of para-hydroxylation sites is 1. The molecule has 1 atom stereocenters. The average molecular weight is 255 g/mol. The number of carbonyl (C=O) groups excluding carboxylic acids is 1. The molecule has 0 radical (unpaired) electrons. The molecule has 0 aliphatic rings. The Kier molecular flexibility index (Phi) is 4.31. The van der Waals surface area contributed by atoms with Crippen LogP contribution in [0.2, 0.25) is 0 Å². The zero-order chi connectivity index (χ0) is 13.7. The Morgan fingerprint density at radius 2 is 1.53 bits per heavy atom. The highest BCUT2D eigenvalue weighted by atomic mass is 16.5. The number of hydrogen-bond acceptors (Lipinski definition) is 2. The predicted molar refractivity (Wildman–Crippen MR) is 76.2 cm³/mol. The third-order valence-electron chi connectivity index (χ3n) is 2.98. The third kappa shape index (κ3) is 3.01. The van der Waals surface area contributed by atoms with Gasteiger partial charge in [0.15, 0.2) is 0 Å². The Balaban J connectivity index is 2.37. The van der Waals surface area contributed by atoms with E-state index >= 15 is 0 Å². The van der Waals surface area contributed by atoms with E-state index < -0.39 is 0 Å². The normalized spacial score (nSPS) is 11.9. The second-order valence-corrected chi connectivity index (χ2v) is 4.21. The number of carbonyl (C=O) groups is 1. The lowest BCUT2D eigenvalue weighted by atomic mass is 10.1. The molecule has 2 aromatic carbocycles. The molecule has 0 aromatic heterocycles. The number of hydrogen-bond donors (Lipinski definition) is 0. The average Bonchev–Trinajstić information content (AvgIpc) is 2.49. The van der Waals surface area contributed by atoms with E-state index in [1.807, 2.05) is 55.5 Å². The molecule has 0 saturated heterocycles. The fourth-order valence-corrected chi connectivity index (χ4v) is 1.91. The van der Waals surface area contributed by atoms with E-state index in [0.717, 1.165) is 5.69 Å². The van der Waals surface area contributed by atoms with Crippen LogP contribution >= 0.6 is 0 Å². The highest BCUT2D eigenvalue weighted by Gasteiger charge is 2.22. The molecule has 3 nitrogen and oxygen atoms in total. The first kappa shape index (κ1) is 13.3. The van der Waals surface area contributed by atoms with E-state index in [1.54, 1.807) is 24.1 Å². The Hall–Kier alpha value is -2.13. The van der Waals surface area contributed by atoms with Crippen LogP contribution in [0.1, 0.15) is 17.3 Å². The lowest BCUT2D eigenvalue weighted by molar-refractivity contribution is 0.0802. The van der Waals surface area contributed by atoms with Crippen molar-refractivity contribution in [2.75, 3.05) is 12.0 Å². The molecule has 98 valence electrons. The minimum atomic E-state index is -0.324. The molecule has 19 heavy (non-hydrogen) atoms. The van der Waals surface area contributed by atoms with Crippen LogP contribution < -0.4 is 4.90 Å². The standard InChI is InChI=1S/C16H17NO2/c1-13(19-2)17(15-11-7-4-8-12-15)16(18)14-9-5-3-6-10-14/h3-13H,1-2H3. The summed E-state index contributed by atoms with van der Waals surface area (Å²) >= 11 is 0. The van der Waals surface area contributed by atoms with Crippen LogP contribution in [-0.2, 0) is 4.74 Å². The predicted octanol–water partition coefficient (Wildman–Crippen LogP) is 3.33. The fourth-order valence-electron chi connectivity index (χ4n) is 1.91. The van der Waals surface area contributed by atoms with E-state index in [1.165, 1.54) is 0 Å². The van der Waals surface area contributed by atoms with Crippen molar-refractivity contribution in [3.63, 3.8) is 0 Å².